The van der Waals surface area contributed by atoms with Crippen molar-refractivity contribution in [2.24, 2.45) is 11.8 Å². The molecule has 9 nitrogen and oxygen atoms in total. The molecule has 1 N–H and O–H groups in total. The van der Waals surface area contributed by atoms with Gasteiger partial charge in [-0.1, -0.05) is 75.0 Å². The maximum atomic E-state index is 13.6. The van der Waals surface area contributed by atoms with E-state index in [0.29, 0.717) is 16.7 Å². The first-order chi connectivity index (χ1) is 22.5. The van der Waals surface area contributed by atoms with Crippen LogP contribution in [0.25, 0.3) is 0 Å². The SMILES string of the molecule is C=C(C(O)C[C@@H]1OC(CC(COC(=O)c2ccccc2)OC(=O)c2ccccc2)[C@H](OC)C1CS(=O)(=O)c1ccccc1)[C@H](C)CC. The zero-order chi connectivity index (χ0) is 34.0. The summed E-state index contributed by atoms with van der Waals surface area (Å²) in [6.45, 7) is 7.79. The van der Waals surface area contributed by atoms with E-state index in [1.807, 2.05) is 13.8 Å². The number of sulfone groups is 1. The number of esters is 2. The average molecular weight is 665 g/mol. The molecule has 3 aromatic rings. The molecule has 0 radical (unpaired) electrons. The Morgan fingerprint density at radius 2 is 1.43 bits per heavy atom. The molecule has 47 heavy (non-hydrogen) atoms. The van der Waals surface area contributed by atoms with Crippen LogP contribution >= 0.6 is 0 Å². The molecule has 1 saturated heterocycles. The fraction of sp³-hybridized carbons (Fsp3) is 0.405. The molecular weight excluding hydrogens is 620 g/mol. The number of benzene rings is 3. The summed E-state index contributed by atoms with van der Waals surface area (Å²) in [6, 6.07) is 25.0. The van der Waals surface area contributed by atoms with Crippen LogP contribution in [0.4, 0.5) is 0 Å². The maximum Gasteiger partial charge on any atom is 0.338 e. The summed E-state index contributed by atoms with van der Waals surface area (Å²) in [6.07, 6.45) is -3.19. The maximum absolute atomic E-state index is 13.6. The van der Waals surface area contributed by atoms with E-state index in [1.165, 1.54) is 7.11 Å². The summed E-state index contributed by atoms with van der Waals surface area (Å²) in [5.74, 6) is -2.12. The minimum absolute atomic E-state index is 0.0416. The zero-order valence-corrected chi connectivity index (χ0v) is 27.9. The number of carbonyl (C=O) groups is 2. The molecule has 0 saturated carbocycles. The van der Waals surface area contributed by atoms with E-state index in [1.54, 1.807) is 91.0 Å². The molecule has 4 unspecified atom stereocenters. The predicted molar refractivity (Wildman–Crippen MR) is 178 cm³/mol. The fourth-order valence-corrected chi connectivity index (χ4v) is 7.48. The molecule has 1 aliphatic rings. The molecule has 0 spiro atoms. The van der Waals surface area contributed by atoms with Crippen molar-refractivity contribution in [2.45, 2.75) is 68.5 Å². The van der Waals surface area contributed by atoms with Gasteiger partial charge in [0.05, 0.1) is 46.2 Å². The number of aliphatic hydroxyl groups excluding tert-OH is 1. The van der Waals surface area contributed by atoms with Crippen molar-refractivity contribution in [3.8, 4) is 0 Å². The van der Waals surface area contributed by atoms with Gasteiger partial charge in [-0.25, -0.2) is 18.0 Å². The molecule has 0 aliphatic carbocycles. The van der Waals surface area contributed by atoms with Gasteiger partial charge >= 0.3 is 11.9 Å². The van der Waals surface area contributed by atoms with E-state index in [2.05, 4.69) is 6.58 Å². The lowest BCUT2D eigenvalue weighted by Gasteiger charge is -2.26. The number of rotatable bonds is 16. The van der Waals surface area contributed by atoms with Crippen molar-refractivity contribution in [3.63, 3.8) is 0 Å². The third kappa shape index (κ3) is 9.60. The lowest BCUT2D eigenvalue weighted by Crippen LogP contribution is -2.38. The predicted octanol–water partition coefficient (Wildman–Crippen LogP) is 5.68. The van der Waals surface area contributed by atoms with Crippen LogP contribution < -0.4 is 0 Å². The second kappa shape index (κ2) is 16.8. The molecule has 0 aromatic heterocycles. The van der Waals surface area contributed by atoms with Crippen molar-refractivity contribution in [2.75, 3.05) is 19.5 Å². The van der Waals surface area contributed by atoms with Crippen molar-refractivity contribution >= 4 is 21.8 Å². The highest BCUT2D eigenvalue weighted by atomic mass is 32.2. The Morgan fingerprint density at radius 1 is 0.872 bits per heavy atom. The van der Waals surface area contributed by atoms with Crippen LogP contribution in [-0.2, 0) is 28.8 Å². The van der Waals surface area contributed by atoms with E-state index in [0.717, 1.165) is 6.42 Å². The molecule has 1 heterocycles. The summed E-state index contributed by atoms with van der Waals surface area (Å²) in [7, 11) is -2.30. The highest BCUT2D eigenvalue weighted by Crippen LogP contribution is 2.38. The molecule has 7 atom stereocenters. The first-order valence-electron chi connectivity index (χ1n) is 15.8. The van der Waals surface area contributed by atoms with E-state index in [9.17, 15) is 23.1 Å². The minimum Gasteiger partial charge on any atom is -0.458 e. The number of hydrogen-bond donors (Lipinski definition) is 1. The Bertz CT molecular complexity index is 1560. The van der Waals surface area contributed by atoms with Gasteiger partial charge < -0.3 is 24.1 Å². The Kier molecular flexibility index (Phi) is 12.9. The second-order valence-electron chi connectivity index (χ2n) is 11.9. The third-order valence-corrected chi connectivity index (χ3v) is 10.5. The van der Waals surface area contributed by atoms with Gasteiger partial charge in [-0.05, 0) is 54.3 Å². The van der Waals surface area contributed by atoms with Gasteiger partial charge in [0.25, 0.3) is 0 Å². The normalized spacial score (nSPS) is 21.4. The first-order valence-corrected chi connectivity index (χ1v) is 17.5. The van der Waals surface area contributed by atoms with Gasteiger partial charge in [0, 0.05) is 25.9 Å². The van der Waals surface area contributed by atoms with Gasteiger partial charge in [-0.2, -0.15) is 0 Å². The summed E-state index contributed by atoms with van der Waals surface area (Å²) >= 11 is 0. The molecule has 3 aromatic carbocycles. The van der Waals surface area contributed by atoms with Gasteiger partial charge in [0.1, 0.15) is 12.7 Å². The van der Waals surface area contributed by atoms with Crippen molar-refractivity contribution in [1.82, 2.24) is 0 Å². The van der Waals surface area contributed by atoms with Gasteiger partial charge in [0.15, 0.2) is 9.84 Å². The Hall–Kier alpha value is -3.83. The van der Waals surface area contributed by atoms with Crippen LogP contribution in [0.2, 0.25) is 0 Å². The largest absolute Gasteiger partial charge is 0.458 e. The summed E-state index contributed by atoms with van der Waals surface area (Å²) in [5, 5.41) is 11.1. The summed E-state index contributed by atoms with van der Waals surface area (Å²) < 4.78 is 51.0. The van der Waals surface area contributed by atoms with Crippen LogP contribution in [0.5, 0.6) is 0 Å². The second-order valence-corrected chi connectivity index (χ2v) is 13.9. The highest BCUT2D eigenvalue weighted by molar-refractivity contribution is 7.91. The molecule has 1 aliphatic heterocycles. The van der Waals surface area contributed by atoms with Gasteiger partial charge in [-0.3, -0.25) is 0 Å². The number of carbonyl (C=O) groups excluding carboxylic acids is 2. The van der Waals surface area contributed by atoms with E-state index >= 15 is 0 Å². The summed E-state index contributed by atoms with van der Waals surface area (Å²) in [4.78, 5) is 26.1. The number of aliphatic hydroxyl groups is 1. The third-order valence-electron chi connectivity index (χ3n) is 8.72. The van der Waals surface area contributed by atoms with Gasteiger partial charge in [0.2, 0.25) is 0 Å². The Morgan fingerprint density at radius 3 is 1.98 bits per heavy atom. The smallest absolute Gasteiger partial charge is 0.338 e. The van der Waals surface area contributed by atoms with E-state index in [4.69, 9.17) is 18.9 Å². The monoisotopic (exact) mass is 664 g/mol. The van der Waals surface area contributed by atoms with Crippen LogP contribution in [0, 0.1) is 11.8 Å². The standard InChI is InChI=1S/C37H44O9S/c1-5-25(2)26(3)32(38)22-33-31(24-47(41,42)30-19-13-8-14-20-30)35(43-4)34(46-33)21-29(45-37(40)28-17-11-7-12-18-28)23-44-36(39)27-15-9-6-10-16-27/h6-20,25,29,31-35,38H,3,5,21-24H2,1-2,4H3/t25-,29?,31?,32?,33+,34?,35-/m1/s1. The Balaban J connectivity index is 1.60. The van der Waals surface area contributed by atoms with E-state index in [-0.39, 0.29) is 36.0 Å². The quantitative estimate of drug-likeness (QED) is 0.152. The minimum atomic E-state index is -3.77. The van der Waals surface area contributed by atoms with Gasteiger partial charge in [-0.15, -0.1) is 0 Å². The van der Waals surface area contributed by atoms with Crippen LogP contribution in [0.3, 0.4) is 0 Å². The van der Waals surface area contributed by atoms with E-state index < -0.39 is 58.2 Å². The highest BCUT2D eigenvalue weighted by Gasteiger charge is 2.48. The molecule has 0 amide bonds. The lowest BCUT2D eigenvalue weighted by molar-refractivity contribution is -0.0563. The molecule has 1 fully saturated rings. The van der Waals surface area contributed by atoms with Crippen molar-refractivity contribution in [3.05, 3.63) is 114 Å². The number of hydrogen-bond acceptors (Lipinski definition) is 9. The molecular formula is C37H44O9S. The number of ether oxygens (including phenoxy) is 4. The number of methoxy groups -OCH3 is 1. The summed E-state index contributed by atoms with van der Waals surface area (Å²) in [5.41, 5.74) is 1.30. The zero-order valence-electron chi connectivity index (χ0n) is 27.1. The van der Waals surface area contributed by atoms with Crippen molar-refractivity contribution < 1.29 is 42.1 Å². The molecule has 10 heteroatoms. The molecule has 252 valence electrons. The first kappa shape index (κ1) is 36.0. The Labute approximate surface area is 277 Å². The average Bonchev–Trinajstić information content (AvgIpc) is 3.40. The van der Waals surface area contributed by atoms with Crippen LogP contribution in [-0.4, -0.2) is 75.5 Å². The molecule has 4 rings (SSSR count). The van der Waals surface area contributed by atoms with Crippen LogP contribution in [0.1, 0.15) is 53.8 Å². The van der Waals surface area contributed by atoms with Crippen molar-refractivity contribution in [1.29, 1.82) is 0 Å². The lowest BCUT2D eigenvalue weighted by atomic mass is 9.88. The van der Waals surface area contributed by atoms with Crippen LogP contribution in [0.15, 0.2) is 108 Å². The fourth-order valence-electron chi connectivity index (χ4n) is 5.81. The molecule has 0 bridgehead atoms. The topological polar surface area (TPSA) is 125 Å².